The van der Waals surface area contributed by atoms with E-state index in [0.717, 1.165) is 0 Å². The van der Waals surface area contributed by atoms with Gasteiger partial charge in [-0.25, -0.2) is 4.79 Å². The van der Waals surface area contributed by atoms with E-state index in [1.807, 2.05) is 0 Å². The summed E-state index contributed by atoms with van der Waals surface area (Å²) < 4.78 is 4.94. The number of rotatable bonds is 6. The van der Waals surface area contributed by atoms with Crippen LogP contribution in [0.1, 0.15) is 6.42 Å². The third-order valence-electron chi connectivity index (χ3n) is 2.31. The molecule has 3 N–H and O–H groups in total. The number of anilines is 1. The quantitative estimate of drug-likeness (QED) is 0.746. The number of ether oxygens (including phenoxy) is 1. The van der Waals surface area contributed by atoms with Crippen molar-refractivity contribution in [2.75, 3.05) is 19.0 Å². The monoisotopic (exact) mass is 286 g/mol. The summed E-state index contributed by atoms with van der Waals surface area (Å²) in [5.74, 6) is -0.983. The SMILES string of the molecule is COC(CNC(=O)Nc1cccc(Cl)c1)CC(=O)O. The predicted molar refractivity (Wildman–Crippen MR) is 71.5 cm³/mol. The molecule has 19 heavy (non-hydrogen) atoms. The van der Waals surface area contributed by atoms with Gasteiger partial charge < -0.3 is 20.5 Å². The number of methoxy groups -OCH3 is 1. The van der Waals surface area contributed by atoms with Crippen molar-refractivity contribution >= 4 is 29.3 Å². The van der Waals surface area contributed by atoms with Gasteiger partial charge in [0.05, 0.1) is 12.5 Å². The molecule has 2 amide bonds. The molecule has 0 bridgehead atoms. The highest BCUT2D eigenvalue weighted by molar-refractivity contribution is 6.30. The van der Waals surface area contributed by atoms with Gasteiger partial charge in [-0.3, -0.25) is 4.79 Å². The fourth-order valence-corrected chi connectivity index (χ4v) is 1.57. The van der Waals surface area contributed by atoms with Crippen LogP contribution < -0.4 is 10.6 Å². The Morgan fingerprint density at radius 3 is 2.79 bits per heavy atom. The second kappa shape index (κ2) is 7.60. The fraction of sp³-hybridized carbons (Fsp3) is 0.333. The van der Waals surface area contributed by atoms with Gasteiger partial charge >= 0.3 is 12.0 Å². The lowest BCUT2D eigenvalue weighted by molar-refractivity contribution is -0.139. The number of amides is 2. The average molecular weight is 287 g/mol. The van der Waals surface area contributed by atoms with Crippen molar-refractivity contribution in [1.29, 1.82) is 0 Å². The first kappa shape index (κ1) is 15.3. The highest BCUT2D eigenvalue weighted by Gasteiger charge is 2.13. The van der Waals surface area contributed by atoms with Crippen molar-refractivity contribution in [2.45, 2.75) is 12.5 Å². The maximum Gasteiger partial charge on any atom is 0.319 e. The first-order valence-corrected chi connectivity index (χ1v) is 5.94. The van der Waals surface area contributed by atoms with Crippen LogP contribution in [0.4, 0.5) is 10.5 Å². The van der Waals surface area contributed by atoms with Crippen LogP contribution in [0.15, 0.2) is 24.3 Å². The van der Waals surface area contributed by atoms with Gasteiger partial charge in [0.15, 0.2) is 0 Å². The van der Waals surface area contributed by atoms with E-state index in [4.69, 9.17) is 21.4 Å². The molecule has 1 unspecified atom stereocenters. The van der Waals surface area contributed by atoms with Crippen LogP contribution >= 0.6 is 11.6 Å². The molecule has 0 fully saturated rings. The summed E-state index contributed by atoms with van der Waals surface area (Å²) in [6.45, 7) is 0.106. The molecule has 0 aliphatic carbocycles. The molecule has 1 atom stereocenters. The van der Waals surface area contributed by atoms with Crippen LogP contribution in [-0.2, 0) is 9.53 Å². The maximum atomic E-state index is 11.6. The van der Waals surface area contributed by atoms with Crippen LogP contribution in [-0.4, -0.2) is 36.9 Å². The highest BCUT2D eigenvalue weighted by atomic mass is 35.5. The lowest BCUT2D eigenvalue weighted by atomic mass is 10.2. The molecular weight excluding hydrogens is 272 g/mol. The number of nitrogens with one attached hydrogen (secondary N) is 2. The molecule has 1 aromatic carbocycles. The van der Waals surface area contributed by atoms with Crippen LogP contribution in [0.2, 0.25) is 5.02 Å². The smallest absolute Gasteiger partial charge is 0.319 e. The Morgan fingerprint density at radius 2 is 2.21 bits per heavy atom. The van der Waals surface area contributed by atoms with Crippen molar-refractivity contribution in [3.63, 3.8) is 0 Å². The van der Waals surface area contributed by atoms with E-state index in [0.29, 0.717) is 10.7 Å². The van der Waals surface area contributed by atoms with E-state index in [1.165, 1.54) is 7.11 Å². The summed E-state index contributed by atoms with van der Waals surface area (Å²) in [5, 5.41) is 14.2. The van der Waals surface area contributed by atoms with Crippen molar-refractivity contribution in [3.05, 3.63) is 29.3 Å². The fourth-order valence-electron chi connectivity index (χ4n) is 1.38. The molecule has 0 radical (unpaired) electrons. The summed E-state index contributed by atoms with van der Waals surface area (Å²) in [5.41, 5.74) is 0.553. The number of urea groups is 1. The molecule has 0 aliphatic heterocycles. The van der Waals surface area contributed by atoms with Gasteiger partial charge in [0.1, 0.15) is 0 Å². The molecule has 7 heteroatoms. The molecule has 0 heterocycles. The Hall–Kier alpha value is -1.79. The topological polar surface area (TPSA) is 87.7 Å². The first-order chi connectivity index (χ1) is 9.01. The zero-order chi connectivity index (χ0) is 14.3. The Kier molecular flexibility index (Phi) is 6.11. The summed E-state index contributed by atoms with van der Waals surface area (Å²) >= 11 is 5.78. The molecule has 6 nitrogen and oxygen atoms in total. The second-order valence-corrected chi connectivity index (χ2v) is 4.24. The van der Waals surface area contributed by atoms with Gasteiger partial charge in [0, 0.05) is 24.4 Å². The van der Waals surface area contributed by atoms with Gasteiger partial charge in [-0.2, -0.15) is 0 Å². The third kappa shape index (κ3) is 6.08. The number of hydrogen-bond donors (Lipinski definition) is 3. The molecule has 0 aliphatic rings. The number of carbonyl (C=O) groups is 2. The van der Waals surface area contributed by atoms with E-state index in [2.05, 4.69) is 10.6 Å². The molecule has 0 spiro atoms. The number of carbonyl (C=O) groups excluding carboxylic acids is 1. The molecule has 1 rings (SSSR count). The zero-order valence-electron chi connectivity index (χ0n) is 10.4. The Balaban J connectivity index is 2.40. The summed E-state index contributed by atoms with van der Waals surface area (Å²) in [4.78, 5) is 22.1. The lowest BCUT2D eigenvalue weighted by Crippen LogP contribution is -2.37. The van der Waals surface area contributed by atoms with E-state index >= 15 is 0 Å². The van der Waals surface area contributed by atoms with Crippen LogP contribution in [0, 0.1) is 0 Å². The van der Waals surface area contributed by atoms with E-state index in [1.54, 1.807) is 24.3 Å². The predicted octanol–water partition coefficient (Wildman–Crippen LogP) is 1.95. The standard InChI is InChI=1S/C12H15ClN2O4/c1-19-10(6-11(16)17)7-14-12(18)15-9-4-2-3-8(13)5-9/h2-5,10H,6-7H2,1H3,(H,16,17)(H2,14,15,18). The first-order valence-electron chi connectivity index (χ1n) is 5.56. The molecule has 1 aromatic rings. The molecule has 0 saturated carbocycles. The molecule has 104 valence electrons. The zero-order valence-corrected chi connectivity index (χ0v) is 11.1. The number of hydrogen-bond acceptors (Lipinski definition) is 3. The lowest BCUT2D eigenvalue weighted by Gasteiger charge is -2.14. The van der Waals surface area contributed by atoms with Crippen molar-refractivity contribution in [3.8, 4) is 0 Å². The number of aliphatic carboxylic acids is 1. The normalized spacial score (nSPS) is 11.7. The van der Waals surface area contributed by atoms with E-state index in [9.17, 15) is 9.59 Å². The minimum Gasteiger partial charge on any atom is -0.481 e. The Labute approximate surface area is 115 Å². The number of carboxylic acids is 1. The van der Waals surface area contributed by atoms with Gasteiger partial charge in [-0.1, -0.05) is 17.7 Å². The van der Waals surface area contributed by atoms with Gasteiger partial charge in [-0.15, -0.1) is 0 Å². The van der Waals surface area contributed by atoms with Crippen molar-refractivity contribution < 1.29 is 19.4 Å². The largest absolute Gasteiger partial charge is 0.481 e. The number of carboxylic acid groups (broad SMARTS) is 1. The third-order valence-corrected chi connectivity index (χ3v) is 2.54. The molecule has 0 aromatic heterocycles. The minimum atomic E-state index is -0.983. The van der Waals surface area contributed by atoms with Crippen LogP contribution in [0.5, 0.6) is 0 Å². The van der Waals surface area contributed by atoms with Gasteiger partial charge in [0.25, 0.3) is 0 Å². The van der Waals surface area contributed by atoms with Crippen molar-refractivity contribution in [2.24, 2.45) is 0 Å². The van der Waals surface area contributed by atoms with E-state index < -0.39 is 18.1 Å². The van der Waals surface area contributed by atoms with E-state index in [-0.39, 0.29) is 13.0 Å². The summed E-state index contributed by atoms with van der Waals surface area (Å²) in [6, 6.07) is 6.25. The Bertz CT molecular complexity index is 453. The summed E-state index contributed by atoms with van der Waals surface area (Å²) in [7, 11) is 1.39. The van der Waals surface area contributed by atoms with Gasteiger partial charge in [-0.05, 0) is 18.2 Å². The second-order valence-electron chi connectivity index (χ2n) is 3.80. The molecular formula is C12H15ClN2O4. The summed E-state index contributed by atoms with van der Waals surface area (Å²) in [6.07, 6.45) is -0.740. The number of benzene rings is 1. The van der Waals surface area contributed by atoms with Crippen LogP contribution in [0.25, 0.3) is 0 Å². The van der Waals surface area contributed by atoms with Crippen molar-refractivity contribution in [1.82, 2.24) is 5.32 Å². The van der Waals surface area contributed by atoms with Gasteiger partial charge in [0.2, 0.25) is 0 Å². The average Bonchev–Trinajstić information content (AvgIpc) is 2.34. The minimum absolute atomic E-state index is 0.106. The molecule has 0 saturated heterocycles. The Morgan fingerprint density at radius 1 is 1.47 bits per heavy atom. The number of halogens is 1. The van der Waals surface area contributed by atoms with Crippen LogP contribution in [0.3, 0.4) is 0 Å². The highest BCUT2D eigenvalue weighted by Crippen LogP contribution is 2.14. The maximum absolute atomic E-state index is 11.6.